The summed E-state index contributed by atoms with van der Waals surface area (Å²) in [4.78, 5) is 52.4. The lowest BCUT2D eigenvalue weighted by molar-refractivity contribution is -0.143. The summed E-state index contributed by atoms with van der Waals surface area (Å²) in [6, 6.07) is 2.48. The maximum absolute atomic E-state index is 13.2. The zero-order chi connectivity index (χ0) is 26.8. The minimum absolute atomic E-state index is 0.0164. The lowest BCUT2D eigenvalue weighted by Crippen LogP contribution is -2.57. The third-order valence-corrected chi connectivity index (χ3v) is 6.76. The molecular formula is C25H38N4O6S. The number of phenols is 1. The van der Waals surface area contributed by atoms with Crippen molar-refractivity contribution >= 4 is 35.5 Å². The molecular weight excluding hydrogens is 484 g/mol. The van der Waals surface area contributed by atoms with E-state index in [0.29, 0.717) is 37.8 Å². The van der Waals surface area contributed by atoms with Crippen LogP contribution in [0.15, 0.2) is 24.3 Å². The second-order valence-corrected chi connectivity index (χ2v) is 10.5. The fourth-order valence-electron chi connectivity index (χ4n) is 4.20. The number of nitrogens with zero attached hydrogens (tertiary/aromatic N) is 1. The average molecular weight is 523 g/mol. The largest absolute Gasteiger partial charge is 0.508 e. The molecule has 11 heteroatoms. The van der Waals surface area contributed by atoms with Crippen LogP contribution in [0.1, 0.15) is 45.1 Å². The average Bonchev–Trinajstić information content (AvgIpc) is 3.32. The van der Waals surface area contributed by atoms with E-state index in [-0.39, 0.29) is 24.0 Å². The third kappa shape index (κ3) is 8.70. The van der Waals surface area contributed by atoms with Crippen molar-refractivity contribution in [3.63, 3.8) is 0 Å². The molecule has 0 bridgehead atoms. The summed E-state index contributed by atoms with van der Waals surface area (Å²) in [5, 5.41) is 24.4. The molecule has 6 N–H and O–H groups in total. The maximum atomic E-state index is 13.2. The van der Waals surface area contributed by atoms with Gasteiger partial charge in [-0.05, 0) is 61.3 Å². The van der Waals surface area contributed by atoms with Crippen LogP contribution in [0.4, 0.5) is 0 Å². The van der Waals surface area contributed by atoms with Gasteiger partial charge in [0, 0.05) is 13.0 Å². The highest BCUT2D eigenvalue weighted by Gasteiger charge is 2.38. The SMILES string of the molecule is CSCC[C@H](N)C(=O)N1CCC[C@H]1C(=O)N[C@@H](CC(C)C)C(=O)N[C@@H](Cc1ccc(O)cc1)C(=O)O. The van der Waals surface area contributed by atoms with E-state index in [9.17, 15) is 29.4 Å². The first-order valence-corrected chi connectivity index (χ1v) is 13.6. The number of benzene rings is 1. The number of carboxylic acids is 1. The van der Waals surface area contributed by atoms with Crippen molar-refractivity contribution in [2.24, 2.45) is 11.7 Å². The molecule has 0 spiro atoms. The molecule has 2 rings (SSSR count). The molecule has 1 aliphatic rings. The van der Waals surface area contributed by atoms with Gasteiger partial charge in [0.25, 0.3) is 0 Å². The molecule has 36 heavy (non-hydrogen) atoms. The van der Waals surface area contributed by atoms with Crippen molar-refractivity contribution in [1.82, 2.24) is 15.5 Å². The van der Waals surface area contributed by atoms with Gasteiger partial charge in [0.2, 0.25) is 17.7 Å². The predicted octanol–water partition coefficient (Wildman–Crippen LogP) is 1.11. The van der Waals surface area contributed by atoms with Crippen molar-refractivity contribution < 1.29 is 29.4 Å². The molecule has 1 aliphatic heterocycles. The molecule has 4 atom stereocenters. The van der Waals surface area contributed by atoms with Crippen LogP contribution in [0.25, 0.3) is 0 Å². The zero-order valence-electron chi connectivity index (χ0n) is 21.1. The first kappa shape index (κ1) is 29.4. The van der Waals surface area contributed by atoms with Gasteiger partial charge in [0.15, 0.2) is 0 Å². The number of carbonyl (C=O) groups excluding carboxylic acids is 3. The van der Waals surface area contributed by atoms with E-state index in [2.05, 4.69) is 10.6 Å². The highest BCUT2D eigenvalue weighted by molar-refractivity contribution is 7.98. The molecule has 1 heterocycles. The first-order valence-electron chi connectivity index (χ1n) is 12.2. The van der Waals surface area contributed by atoms with Crippen molar-refractivity contribution in [2.75, 3.05) is 18.6 Å². The van der Waals surface area contributed by atoms with Crippen molar-refractivity contribution in [1.29, 1.82) is 0 Å². The van der Waals surface area contributed by atoms with Crippen LogP contribution in [-0.4, -0.2) is 81.5 Å². The fraction of sp³-hybridized carbons (Fsp3) is 0.600. The summed E-state index contributed by atoms with van der Waals surface area (Å²) in [5.74, 6) is -1.69. The molecule has 0 aromatic heterocycles. The van der Waals surface area contributed by atoms with Gasteiger partial charge >= 0.3 is 5.97 Å². The van der Waals surface area contributed by atoms with Gasteiger partial charge in [0.05, 0.1) is 6.04 Å². The van der Waals surface area contributed by atoms with E-state index in [1.807, 2.05) is 20.1 Å². The molecule has 200 valence electrons. The van der Waals surface area contributed by atoms with E-state index in [1.54, 1.807) is 23.9 Å². The number of rotatable bonds is 13. The number of carboxylic acid groups (broad SMARTS) is 1. The van der Waals surface area contributed by atoms with E-state index >= 15 is 0 Å². The molecule has 1 saturated heterocycles. The van der Waals surface area contributed by atoms with Crippen LogP contribution in [0.3, 0.4) is 0 Å². The Morgan fingerprint density at radius 1 is 1.14 bits per heavy atom. The number of hydrogen-bond acceptors (Lipinski definition) is 7. The Labute approximate surface area is 216 Å². The molecule has 0 radical (unpaired) electrons. The molecule has 1 aromatic carbocycles. The summed E-state index contributed by atoms with van der Waals surface area (Å²) < 4.78 is 0. The van der Waals surface area contributed by atoms with Crippen LogP contribution in [0.5, 0.6) is 5.75 Å². The summed E-state index contributed by atoms with van der Waals surface area (Å²) in [5.41, 5.74) is 6.67. The predicted molar refractivity (Wildman–Crippen MR) is 138 cm³/mol. The van der Waals surface area contributed by atoms with Crippen LogP contribution in [-0.2, 0) is 25.6 Å². The number of nitrogens with two attached hydrogens (primary N) is 1. The molecule has 0 saturated carbocycles. The number of aromatic hydroxyl groups is 1. The Morgan fingerprint density at radius 2 is 1.81 bits per heavy atom. The number of phenolic OH excluding ortho intramolecular Hbond substituents is 1. The van der Waals surface area contributed by atoms with E-state index in [4.69, 9.17) is 5.73 Å². The minimum Gasteiger partial charge on any atom is -0.508 e. The Hall–Kier alpha value is -2.79. The number of nitrogens with one attached hydrogen (secondary N) is 2. The Kier molecular flexibility index (Phi) is 11.5. The Bertz CT molecular complexity index is 910. The van der Waals surface area contributed by atoms with Crippen LogP contribution in [0.2, 0.25) is 0 Å². The van der Waals surface area contributed by atoms with Gasteiger partial charge in [-0.1, -0.05) is 26.0 Å². The number of carbonyl (C=O) groups is 4. The zero-order valence-corrected chi connectivity index (χ0v) is 21.9. The minimum atomic E-state index is -1.22. The fourth-order valence-corrected chi connectivity index (χ4v) is 4.68. The van der Waals surface area contributed by atoms with Crippen molar-refractivity contribution in [2.45, 2.75) is 70.1 Å². The smallest absolute Gasteiger partial charge is 0.326 e. The Balaban J connectivity index is 2.09. The molecule has 1 fully saturated rings. The monoisotopic (exact) mass is 522 g/mol. The van der Waals surface area contributed by atoms with Gasteiger partial charge in [-0.25, -0.2) is 4.79 Å². The summed E-state index contributed by atoms with van der Waals surface area (Å²) in [7, 11) is 0. The molecule has 0 aliphatic carbocycles. The van der Waals surface area contributed by atoms with Crippen LogP contribution >= 0.6 is 11.8 Å². The lowest BCUT2D eigenvalue weighted by atomic mass is 10.0. The quantitative estimate of drug-likeness (QED) is 0.257. The number of thioether (sulfide) groups is 1. The normalized spacial score (nSPS) is 17.9. The van der Waals surface area contributed by atoms with Gasteiger partial charge in [-0.3, -0.25) is 14.4 Å². The lowest BCUT2D eigenvalue weighted by Gasteiger charge is -2.29. The molecule has 3 amide bonds. The third-order valence-electron chi connectivity index (χ3n) is 6.12. The summed E-state index contributed by atoms with van der Waals surface area (Å²) in [6.07, 6.45) is 3.90. The van der Waals surface area contributed by atoms with Crippen LogP contribution in [0, 0.1) is 5.92 Å². The standard InChI is InChI=1S/C25H38N4O6S/c1-15(2)13-19(22(31)28-20(25(34)35)14-16-6-8-17(30)9-7-16)27-23(32)21-5-4-11-29(21)24(33)18(26)10-12-36-3/h6-9,15,18-21,30H,4-5,10-14,26H2,1-3H3,(H,27,32)(H,28,31)(H,34,35)/t18-,19-,20-,21-/m0/s1. The van der Waals surface area contributed by atoms with Gasteiger partial charge < -0.3 is 31.5 Å². The van der Waals surface area contributed by atoms with E-state index < -0.39 is 42.0 Å². The van der Waals surface area contributed by atoms with Crippen molar-refractivity contribution in [3.8, 4) is 5.75 Å². The second-order valence-electron chi connectivity index (χ2n) is 9.54. The van der Waals surface area contributed by atoms with E-state index in [1.165, 1.54) is 17.0 Å². The molecule has 0 unspecified atom stereocenters. The number of aliphatic carboxylic acids is 1. The highest BCUT2D eigenvalue weighted by Crippen LogP contribution is 2.20. The number of amides is 3. The Morgan fingerprint density at radius 3 is 2.39 bits per heavy atom. The summed E-state index contributed by atoms with van der Waals surface area (Å²) in [6.45, 7) is 4.22. The summed E-state index contributed by atoms with van der Waals surface area (Å²) >= 11 is 1.59. The van der Waals surface area contributed by atoms with E-state index in [0.717, 1.165) is 5.75 Å². The van der Waals surface area contributed by atoms with Gasteiger partial charge in [0.1, 0.15) is 23.9 Å². The number of likely N-dealkylation sites (tertiary alicyclic amines) is 1. The van der Waals surface area contributed by atoms with Gasteiger partial charge in [-0.2, -0.15) is 11.8 Å². The molecule has 1 aromatic rings. The van der Waals surface area contributed by atoms with Crippen molar-refractivity contribution in [3.05, 3.63) is 29.8 Å². The maximum Gasteiger partial charge on any atom is 0.326 e. The number of hydrogen-bond donors (Lipinski definition) is 5. The van der Waals surface area contributed by atoms with Crippen LogP contribution < -0.4 is 16.4 Å². The molecule has 10 nitrogen and oxygen atoms in total. The van der Waals surface area contributed by atoms with Gasteiger partial charge in [-0.15, -0.1) is 0 Å². The second kappa shape index (κ2) is 14.1. The first-order chi connectivity index (χ1) is 17.0. The highest BCUT2D eigenvalue weighted by atomic mass is 32.2. The topological polar surface area (TPSA) is 162 Å².